The van der Waals surface area contributed by atoms with Crippen LogP contribution in [0.15, 0.2) is 64.6 Å². The van der Waals surface area contributed by atoms with Gasteiger partial charge in [0.25, 0.3) is 11.8 Å². The smallest absolute Gasteiger partial charge is 0.266 e. The fourth-order valence-corrected chi connectivity index (χ4v) is 4.20. The van der Waals surface area contributed by atoms with E-state index < -0.39 is 5.91 Å². The average molecular weight is 583 g/mol. The van der Waals surface area contributed by atoms with Crippen LogP contribution < -0.4 is 20.1 Å². The van der Waals surface area contributed by atoms with Crippen molar-refractivity contribution in [1.29, 1.82) is 5.26 Å². The summed E-state index contributed by atoms with van der Waals surface area (Å²) < 4.78 is 12.0. The zero-order chi connectivity index (χ0) is 26.9. The maximum Gasteiger partial charge on any atom is 0.266 e. The summed E-state index contributed by atoms with van der Waals surface area (Å²) in [7, 11) is 0. The van der Waals surface area contributed by atoms with Gasteiger partial charge in [-0.25, -0.2) is 0 Å². The molecule has 0 saturated heterocycles. The highest BCUT2D eigenvalue weighted by atomic mass is 79.9. The number of ether oxygens (including phenoxy) is 2. The predicted octanol–water partition coefficient (Wildman–Crippen LogP) is 6.68. The number of aryl methyl sites for hydroxylation is 2. The molecule has 3 aromatic rings. The summed E-state index contributed by atoms with van der Waals surface area (Å²) in [5.41, 5.74) is 3.65. The van der Waals surface area contributed by atoms with Gasteiger partial charge in [0.1, 0.15) is 11.6 Å². The van der Waals surface area contributed by atoms with E-state index in [1.165, 1.54) is 6.08 Å². The maximum absolute atomic E-state index is 12.6. The van der Waals surface area contributed by atoms with E-state index in [1.807, 2.05) is 45.0 Å². The van der Waals surface area contributed by atoms with Gasteiger partial charge in [-0.1, -0.05) is 35.4 Å². The van der Waals surface area contributed by atoms with E-state index >= 15 is 0 Å². The van der Waals surface area contributed by atoms with Crippen LogP contribution in [0.5, 0.6) is 11.5 Å². The fourth-order valence-electron chi connectivity index (χ4n) is 3.43. The SMILES string of the molecule is CCOc1cc(/C=C(/C#N)C(=O)Nc2cccc(Cl)c2)cc(Br)c1OCC(=O)Nc1ccc(C)cc1C. The van der Waals surface area contributed by atoms with E-state index in [1.54, 1.807) is 36.4 Å². The standard InChI is InChI=1S/C28H25BrClN3O4/c1-4-36-25-13-19(11-20(15-31)28(35)32-22-7-5-6-21(30)14-22)12-23(29)27(25)37-16-26(34)33-24-9-8-17(2)10-18(24)3/h5-14H,4,16H2,1-3H3,(H,32,35)(H,33,34)/b20-11-. The number of benzene rings is 3. The number of nitriles is 1. The Labute approximate surface area is 229 Å². The molecule has 0 heterocycles. The van der Waals surface area contributed by atoms with Crippen molar-refractivity contribution < 1.29 is 19.1 Å². The summed E-state index contributed by atoms with van der Waals surface area (Å²) in [5.74, 6) is -0.219. The van der Waals surface area contributed by atoms with Crippen LogP contribution >= 0.6 is 27.5 Å². The Morgan fingerprint density at radius 2 is 1.86 bits per heavy atom. The highest BCUT2D eigenvalue weighted by Crippen LogP contribution is 2.37. The molecule has 7 nitrogen and oxygen atoms in total. The van der Waals surface area contributed by atoms with Crippen LogP contribution in [0.4, 0.5) is 11.4 Å². The number of carbonyl (C=O) groups is 2. The fraction of sp³-hybridized carbons (Fsp3) is 0.179. The average Bonchev–Trinajstić information content (AvgIpc) is 2.84. The van der Waals surface area contributed by atoms with Gasteiger partial charge in [0.2, 0.25) is 0 Å². The summed E-state index contributed by atoms with van der Waals surface area (Å²) in [5, 5.41) is 15.5. The third kappa shape index (κ3) is 7.84. The highest BCUT2D eigenvalue weighted by molar-refractivity contribution is 9.10. The van der Waals surface area contributed by atoms with Crippen LogP contribution in [0.25, 0.3) is 6.08 Å². The quantitative estimate of drug-likeness (QED) is 0.216. The summed E-state index contributed by atoms with van der Waals surface area (Å²) in [4.78, 5) is 25.1. The van der Waals surface area contributed by atoms with Gasteiger partial charge in [-0.3, -0.25) is 9.59 Å². The molecule has 190 valence electrons. The molecule has 0 radical (unpaired) electrons. The van der Waals surface area contributed by atoms with Crippen molar-refractivity contribution in [2.24, 2.45) is 0 Å². The molecule has 0 aromatic heterocycles. The lowest BCUT2D eigenvalue weighted by Gasteiger charge is -2.15. The Morgan fingerprint density at radius 1 is 1.08 bits per heavy atom. The number of anilines is 2. The number of hydrogen-bond donors (Lipinski definition) is 2. The molecular formula is C28H25BrClN3O4. The van der Waals surface area contributed by atoms with Crippen molar-refractivity contribution in [2.75, 3.05) is 23.8 Å². The van der Waals surface area contributed by atoms with Crippen LogP contribution in [0.1, 0.15) is 23.6 Å². The zero-order valence-corrected chi connectivity index (χ0v) is 22.9. The van der Waals surface area contributed by atoms with E-state index in [9.17, 15) is 14.9 Å². The molecule has 0 aliphatic rings. The number of hydrogen-bond acceptors (Lipinski definition) is 5. The van der Waals surface area contributed by atoms with E-state index in [2.05, 4.69) is 26.6 Å². The first-order valence-corrected chi connectivity index (χ1v) is 12.5. The van der Waals surface area contributed by atoms with Crippen molar-refractivity contribution >= 4 is 56.8 Å². The minimum Gasteiger partial charge on any atom is -0.490 e. The first-order valence-electron chi connectivity index (χ1n) is 11.3. The third-order valence-electron chi connectivity index (χ3n) is 5.09. The molecule has 0 atom stereocenters. The summed E-state index contributed by atoms with van der Waals surface area (Å²) in [6.45, 7) is 5.81. The predicted molar refractivity (Wildman–Crippen MR) is 149 cm³/mol. The van der Waals surface area contributed by atoms with Gasteiger partial charge in [-0.15, -0.1) is 0 Å². The minimum atomic E-state index is -0.581. The Morgan fingerprint density at radius 3 is 2.54 bits per heavy atom. The molecule has 3 aromatic carbocycles. The Bertz CT molecular complexity index is 1400. The second-order valence-corrected chi connectivity index (χ2v) is 9.34. The van der Waals surface area contributed by atoms with Crippen molar-refractivity contribution in [1.82, 2.24) is 0 Å². The van der Waals surface area contributed by atoms with Gasteiger partial charge in [-0.2, -0.15) is 5.26 Å². The van der Waals surface area contributed by atoms with E-state index in [0.29, 0.717) is 44.5 Å². The molecule has 0 spiro atoms. The maximum atomic E-state index is 12.6. The van der Waals surface area contributed by atoms with Crippen molar-refractivity contribution in [3.05, 3.63) is 86.4 Å². The minimum absolute atomic E-state index is 0.115. The number of amides is 2. The number of nitrogens with zero attached hydrogens (tertiary/aromatic N) is 1. The van der Waals surface area contributed by atoms with Crippen LogP contribution in [0, 0.1) is 25.2 Å². The second-order valence-electron chi connectivity index (χ2n) is 8.05. The first kappa shape index (κ1) is 27.8. The highest BCUT2D eigenvalue weighted by Gasteiger charge is 2.16. The molecule has 0 bridgehead atoms. The molecule has 0 aliphatic heterocycles. The lowest BCUT2D eigenvalue weighted by Crippen LogP contribution is -2.21. The summed E-state index contributed by atoms with van der Waals surface area (Å²) in [6, 6.07) is 17.6. The summed E-state index contributed by atoms with van der Waals surface area (Å²) >= 11 is 9.41. The molecule has 3 rings (SSSR count). The van der Waals surface area contributed by atoms with E-state index in [4.69, 9.17) is 21.1 Å². The van der Waals surface area contributed by atoms with Crippen molar-refractivity contribution in [3.63, 3.8) is 0 Å². The normalized spacial score (nSPS) is 10.9. The summed E-state index contributed by atoms with van der Waals surface area (Å²) in [6.07, 6.45) is 1.43. The molecule has 2 N–H and O–H groups in total. The molecule has 9 heteroatoms. The Kier molecular flexibility index (Phi) is 9.72. The number of halogens is 2. The monoisotopic (exact) mass is 581 g/mol. The molecule has 0 unspecified atom stereocenters. The van der Waals surface area contributed by atoms with E-state index in [-0.39, 0.29) is 18.1 Å². The number of nitrogens with one attached hydrogen (secondary N) is 2. The van der Waals surface area contributed by atoms with E-state index in [0.717, 1.165) is 11.1 Å². The molecule has 0 saturated carbocycles. The van der Waals surface area contributed by atoms with Gasteiger partial charge in [0.05, 0.1) is 11.1 Å². The first-order chi connectivity index (χ1) is 17.7. The molecule has 2 amide bonds. The zero-order valence-electron chi connectivity index (χ0n) is 20.5. The lowest BCUT2D eigenvalue weighted by molar-refractivity contribution is -0.118. The lowest BCUT2D eigenvalue weighted by atomic mass is 10.1. The topological polar surface area (TPSA) is 100 Å². The Hall–Kier alpha value is -3.80. The van der Waals surface area contributed by atoms with Crippen LogP contribution in [0.3, 0.4) is 0 Å². The van der Waals surface area contributed by atoms with Crippen LogP contribution in [-0.4, -0.2) is 25.0 Å². The second kappa shape index (κ2) is 12.9. The number of carbonyl (C=O) groups excluding carboxylic acids is 2. The van der Waals surface area contributed by atoms with Gasteiger partial charge < -0.3 is 20.1 Å². The molecule has 0 aliphatic carbocycles. The van der Waals surface area contributed by atoms with Gasteiger partial charge >= 0.3 is 0 Å². The van der Waals surface area contributed by atoms with Gasteiger partial charge in [-0.05, 0) is 90.3 Å². The Balaban J connectivity index is 1.77. The van der Waals surface area contributed by atoms with Crippen molar-refractivity contribution in [2.45, 2.75) is 20.8 Å². The van der Waals surface area contributed by atoms with Crippen molar-refractivity contribution in [3.8, 4) is 17.6 Å². The molecule has 37 heavy (non-hydrogen) atoms. The van der Waals surface area contributed by atoms with Gasteiger partial charge in [0.15, 0.2) is 18.1 Å². The number of rotatable bonds is 9. The third-order valence-corrected chi connectivity index (χ3v) is 5.92. The van der Waals surface area contributed by atoms with Gasteiger partial charge in [0, 0.05) is 16.4 Å². The largest absolute Gasteiger partial charge is 0.490 e. The molecule has 0 fully saturated rings. The van der Waals surface area contributed by atoms with Crippen LogP contribution in [-0.2, 0) is 9.59 Å². The van der Waals surface area contributed by atoms with Crippen LogP contribution in [0.2, 0.25) is 5.02 Å². The molecular weight excluding hydrogens is 558 g/mol.